The summed E-state index contributed by atoms with van der Waals surface area (Å²) in [6.45, 7) is 5.00. The second kappa shape index (κ2) is 15.4. The fourth-order valence-electron chi connectivity index (χ4n) is 6.72. The van der Waals surface area contributed by atoms with Crippen molar-refractivity contribution in [3.8, 4) is 16.8 Å². The van der Waals surface area contributed by atoms with E-state index in [0.717, 1.165) is 49.5 Å². The summed E-state index contributed by atoms with van der Waals surface area (Å²) in [6, 6.07) is 13.7. The summed E-state index contributed by atoms with van der Waals surface area (Å²) in [6.07, 6.45) is 8.06. The quantitative estimate of drug-likeness (QED) is 0.196. The molecule has 3 aromatic carbocycles. The van der Waals surface area contributed by atoms with Crippen LogP contribution in [0.2, 0.25) is 5.02 Å². The SMILES string of the molecule is O=C(O)c1ccc(CC(=O)C2c3cccc(-c4cnn(CCN5CCOCC5)c4)c3CCN2C(=O)/C=C/c2c(-n3cnnn3)ccc(Cl)c2F)cc1. The molecule has 2 aliphatic rings. The molecule has 2 aliphatic heterocycles. The molecule has 5 aromatic rings. The number of hydrogen-bond donors (Lipinski definition) is 1. The lowest BCUT2D eigenvalue weighted by atomic mass is 9.84. The largest absolute Gasteiger partial charge is 0.478 e. The highest BCUT2D eigenvalue weighted by molar-refractivity contribution is 6.31. The number of carbonyl (C=O) groups is 3. The van der Waals surface area contributed by atoms with Crippen LogP contribution in [0.3, 0.4) is 0 Å². The molecule has 15 heteroatoms. The molecule has 1 unspecified atom stereocenters. The van der Waals surface area contributed by atoms with Crippen molar-refractivity contribution in [2.45, 2.75) is 25.4 Å². The van der Waals surface area contributed by atoms with Crippen LogP contribution < -0.4 is 0 Å². The predicted octanol–water partition coefficient (Wildman–Crippen LogP) is 4.30. The number of rotatable bonds is 11. The number of fused-ring (bicyclic) bond motifs is 1. The highest BCUT2D eigenvalue weighted by Gasteiger charge is 2.36. The van der Waals surface area contributed by atoms with E-state index >= 15 is 4.39 Å². The van der Waals surface area contributed by atoms with E-state index in [2.05, 4.69) is 25.5 Å². The van der Waals surface area contributed by atoms with Gasteiger partial charge in [0.15, 0.2) is 11.6 Å². The Bertz CT molecular complexity index is 2130. The fraction of sp³-hybridized carbons (Fsp3) is 0.270. The first-order valence-electron chi connectivity index (χ1n) is 16.8. The summed E-state index contributed by atoms with van der Waals surface area (Å²) in [5.74, 6) is -2.59. The number of carboxylic acids is 1. The van der Waals surface area contributed by atoms with Gasteiger partial charge in [-0.3, -0.25) is 19.2 Å². The summed E-state index contributed by atoms with van der Waals surface area (Å²) in [4.78, 5) is 43.5. The first-order valence-corrected chi connectivity index (χ1v) is 17.1. The van der Waals surface area contributed by atoms with E-state index in [-0.39, 0.29) is 40.6 Å². The maximum Gasteiger partial charge on any atom is 0.335 e. The minimum atomic E-state index is -1.07. The lowest BCUT2D eigenvalue weighted by molar-refractivity contribution is -0.136. The van der Waals surface area contributed by atoms with E-state index in [9.17, 15) is 19.5 Å². The Hall–Kier alpha value is -5.57. The van der Waals surface area contributed by atoms with Gasteiger partial charge in [-0.1, -0.05) is 41.9 Å². The van der Waals surface area contributed by atoms with Gasteiger partial charge in [-0.2, -0.15) is 9.78 Å². The topological polar surface area (TPSA) is 149 Å². The number of halogens is 2. The van der Waals surface area contributed by atoms with Crippen molar-refractivity contribution in [1.82, 2.24) is 39.8 Å². The number of carboxylic acid groups (broad SMARTS) is 1. The third-order valence-corrected chi connectivity index (χ3v) is 9.67. The fourth-order valence-corrected chi connectivity index (χ4v) is 6.88. The second-order valence-corrected chi connectivity index (χ2v) is 12.9. The lowest BCUT2D eigenvalue weighted by Crippen LogP contribution is -2.43. The number of amides is 1. The van der Waals surface area contributed by atoms with Crippen LogP contribution in [0.1, 0.15) is 38.7 Å². The molecular formula is C37H34ClFN8O5. The first kappa shape index (κ1) is 34.9. The van der Waals surface area contributed by atoms with Crippen LogP contribution in [0.15, 0.2) is 79.4 Å². The molecule has 13 nitrogen and oxygen atoms in total. The van der Waals surface area contributed by atoms with Gasteiger partial charge in [0.2, 0.25) is 5.91 Å². The number of benzene rings is 3. The first-order chi connectivity index (χ1) is 25.3. The Labute approximate surface area is 302 Å². The van der Waals surface area contributed by atoms with Gasteiger partial charge in [-0.15, -0.1) is 5.10 Å². The van der Waals surface area contributed by atoms with Crippen LogP contribution in [-0.2, 0) is 33.7 Å². The van der Waals surface area contributed by atoms with Crippen molar-refractivity contribution < 1.29 is 28.6 Å². The van der Waals surface area contributed by atoms with E-state index in [1.807, 2.05) is 35.3 Å². The van der Waals surface area contributed by atoms with Gasteiger partial charge in [0.05, 0.1) is 42.2 Å². The summed E-state index contributed by atoms with van der Waals surface area (Å²) in [7, 11) is 0. The Kier molecular flexibility index (Phi) is 10.3. The number of nitrogens with zero attached hydrogens (tertiary/aromatic N) is 8. The molecule has 1 N–H and O–H groups in total. The van der Waals surface area contributed by atoms with Crippen molar-refractivity contribution >= 4 is 35.3 Å². The summed E-state index contributed by atoms with van der Waals surface area (Å²) >= 11 is 6.10. The number of ketones is 1. The number of ether oxygens (including phenoxy) is 1. The number of carbonyl (C=O) groups excluding carboxylic acids is 2. The van der Waals surface area contributed by atoms with Crippen LogP contribution in [0, 0.1) is 5.82 Å². The van der Waals surface area contributed by atoms with Gasteiger partial charge in [0, 0.05) is 56.0 Å². The van der Waals surface area contributed by atoms with E-state index in [1.54, 1.807) is 12.1 Å². The zero-order chi connectivity index (χ0) is 36.2. The van der Waals surface area contributed by atoms with Gasteiger partial charge in [-0.05, 0) is 69.4 Å². The van der Waals surface area contributed by atoms with Gasteiger partial charge >= 0.3 is 5.97 Å². The van der Waals surface area contributed by atoms with Crippen molar-refractivity contribution in [2.24, 2.45) is 0 Å². The minimum absolute atomic E-state index is 0.000116. The Balaban J connectivity index is 1.20. The summed E-state index contributed by atoms with van der Waals surface area (Å²) < 4.78 is 24.0. The van der Waals surface area contributed by atoms with E-state index < -0.39 is 23.7 Å². The predicted molar refractivity (Wildman–Crippen MR) is 188 cm³/mol. The van der Waals surface area contributed by atoms with Crippen LogP contribution in [0.5, 0.6) is 0 Å². The second-order valence-electron chi connectivity index (χ2n) is 12.5. The van der Waals surface area contributed by atoms with Crippen LogP contribution in [0.4, 0.5) is 4.39 Å². The molecule has 1 atom stereocenters. The number of morpholine rings is 1. The molecule has 0 bridgehead atoms. The number of aromatic carboxylic acids is 1. The summed E-state index contributed by atoms with van der Waals surface area (Å²) in [5, 5.41) is 24.9. The Morgan fingerprint density at radius 2 is 1.83 bits per heavy atom. The van der Waals surface area contributed by atoms with Gasteiger partial charge in [0.1, 0.15) is 12.4 Å². The van der Waals surface area contributed by atoms with E-state index in [0.29, 0.717) is 24.1 Å². The zero-order valence-corrected chi connectivity index (χ0v) is 28.7. The molecule has 266 valence electrons. The molecule has 52 heavy (non-hydrogen) atoms. The number of hydrogen-bond acceptors (Lipinski definition) is 9. The molecule has 0 spiro atoms. The standard InChI is InChI=1S/C37H34ClFN8O5/c38-31-9-10-32(47-23-40-42-43-47)30(35(31)39)8-11-34(49)46-13-12-28-27(26-21-41-45(22-26)15-14-44-16-18-52-19-17-44)2-1-3-29(28)36(46)33(48)20-24-4-6-25(7-5-24)37(50)51/h1-11,21-23,36H,12-20H2,(H,50,51)/b11-8+. The molecule has 0 saturated carbocycles. The van der Waals surface area contributed by atoms with Crippen molar-refractivity contribution in [1.29, 1.82) is 0 Å². The van der Waals surface area contributed by atoms with Crippen LogP contribution >= 0.6 is 11.6 Å². The highest BCUT2D eigenvalue weighted by atomic mass is 35.5. The molecular weight excluding hydrogens is 691 g/mol. The molecule has 2 aromatic heterocycles. The average Bonchev–Trinajstić information content (AvgIpc) is 3.88. The highest BCUT2D eigenvalue weighted by Crippen LogP contribution is 2.37. The average molecular weight is 725 g/mol. The van der Waals surface area contributed by atoms with Crippen molar-refractivity contribution in [3.63, 3.8) is 0 Å². The molecule has 1 amide bonds. The van der Waals surface area contributed by atoms with Crippen LogP contribution in [0.25, 0.3) is 22.9 Å². The Morgan fingerprint density at radius 3 is 2.58 bits per heavy atom. The van der Waals surface area contributed by atoms with Gasteiger partial charge in [-0.25, -0.2) is 9.18 Å². The molecule has 1 saturated heterocycles. The molecule has 0 aliphatic carbocycles. The van der Waals surface area contributed by atoms with Gasteiger partial charge in [0.25, 0.3) is 0 Å². The maximum atomic E-state index is 15.3. The normalized spacial score (nSPS) is 16.3. The number of aromatic nitrogens is 6. The van der Waals surface area contributed by atoms with E-state index in [4.69, 9.17) is 16.3 Å². The Morgan fingerprint density at radius 1 is 1.02 bits per heavy atom. The molecule has 7 rings (SSSR count). The third-order valence-electron chi connectivity index (χ3n) is 9.38. The zero-order valence-electron chi connectivity index (χ0n) is 27.9. The van der Waals surface area contributed by atoms with E-state index in [1.165, 1.54) is 52.3 Å². The van der Waals surface area contributed by atoms with Crippen molar-refractivity contribution in [2.75, 3.05) is 39.4 Å². The summed E-state index contributed by atoms with van der Waals surface area (Å²) in [5.41, 5.74) is 4.42. The number of Topliss-reactive ketones (excluding diaryl/α,β-unsaturated/α-hetero) is 1. The number of tetrazole rings is 1. The molecule has 0 radical (unpaired) electrons. The lowest BCUT2D eigenvalue weighted by Gasteiger charge is -2.37. The smallest absolute Gasteiger partial charge is 0.335 e. The molecule has 4 heterocycles. The van der Waals surface area contributed by atoms with Gasteiger partial charge < -0.3 is 14.7 Å². The maximum absolute atomic E-state index is 15.3. The third kappa shape index (κ3) is 7.40. The van der Waals surface area contributed by atoms with Crippen LogP contribution in [-0.4, -0.2) is 102 Å². The minimum Gasteiger partial charge on any atom is -0.478 e. The molecule has 1 fully saturated rings. The van der Waals surface area contributed by atoms with Crippen molar-refractivity contribution in [3.05, 3.63) is 118 Å². The monoisotopic (exact) mass is 724 g/mol.